The SMILES string of the molecule is Cc1ccc(C2OC(N)=NC2C)cc1.Cl. The molecule has 0 amide bonds. The average molecular weight is 227 g/mol. The Kier molecular flexibility index (Phi) is 3.58. The van der Waals surface area contributed by atoms with Crippen LogP contribution in [-0.2, 0) is 4.74 Å². The minimum atomic E-state index is -0.0180. The third-order valence-corrected chi connectivity index (χ3v) is 2.42. The van der Waals surface area contributed by atoms with Crippen molar-refractivity contribution in [3.05, 3.63) is 35.4 Å². The van der Waals surface area contributed by atoms with E-state index in [2.05, 4.69) is 36.2 Å². The molecule has 15 heavy (non-hydrogen) atoms. The van der Waals surface area contributed by atoms with Gasteiger partial charge < -0.3 is 10.5 Å². The minimum absolute atomic E-state index is 0. The normalized spacial score (nSPS) is 24.0. The van der Waals surface area contributed by atoms with E-state index in [1.54, 1.807) is 0 Å². The van der Waals surface area contributed by atoms with E-state index < -0.39 is 0 Å². The summed E-state index contributed by atoms with van der Waals surface area (Å²) in [5.41, 5.74) is 7.89. The van der Waals surface area contributed by atoms with Gasteiger partial charge in [-0.2, -0.15) is 0 Å². The number of aliphatic imine (C=N–C) groups is 1. The van der Waals surface area contributed by atoms with E-state index in [9.17, 15) is 0 Å². The van der Waals surface area contributed by atoms with Gasteiger partial charge in [0.05, 0.1) is 6.04 Å². The Morgan fingerprint density at radius 1 is 1.27 bits per heavy atom. The maximum absolute atomic E-state index is 5.51. The summed E-state index contributed by atoms with van der Waals surface area (Å²) in [6.07, 6.45) is -0.0180. The van der Waals surface area contributed by atoms with Crippen molar-refractivity contribution in [2.75, 3.05) is 0 Å². The lowest BCUT2D eigenvalue weighted by atomic mass is 10.0. The molecule has 2 N–H and O–H groups in total. The smallest absolute Gasteiger partial charge is 0.283 e. The molecule has 1 aliphatic rings. The van der Waals surface area contributed by atoms with Crippen LogP contribution in [0, 0.1) is 6.92 Å². The van der Waals surface area contributed by atoms with Gasteiger partial charge in [-0.3, -0.25) is 0 Å². The molecule has 0 aromatic heterocycles. The molecule has 1 aromatic rings. The summed E-state index contributed by atoms with van der Waals surface area (Å²) < 4.78 is 5.43. The fourth-order valence-corrected chi connectivity index (χ4v) is 1.63. The zero-order chi connectivity index (χ0) is 10.1. The molecule has 2 rings (SSSR count). The van der Waals surface area contributed by atoms with Gasteiger partial charge >= 0.3 is 0 Å². The van der Waals surface area contributed by atoms with Crippen LogP contribution in [0.1, 0.15) is 24.2 Å². The molecule has 1 aliphatic heterocycles. The number of nitrogens with two attached hydrogens (primary N) is 1. The van der Waals surface area contributed by atoms with Crippen molar-refractivity contribution in [2.45, 2.75) is 26.0 Å². The summed E-state index contributed by atoms with van der Waals surface area (Å²) in [7, 11) is 0. The van der Waals surface area contributed by atoms with Crippen LogP contribution in [0.4, 0.5) is 0 Å². The van der Waals surface area contributed by atoms with E-state index in [0.717, 1.165) is 5.56 Å². The topological polar surface area (TPSA) is 47.6 Å². The molecule has 0 fully saturated rings. The predicted octanol–water partition coefficient (Wildman–Crippen LogP) is 2.19. The molecular formula is C11H15ClN2O. The first-order valence-corrected chi connectivity index (χ1v) is 4.73. The number of amidine groups is 1. The van der Waals surface area contributed by atoms with Crippen molar-refractivity contribution < 1.29 is 4.74 Å². The van der Waals surface area contributed by atoms with Gasteiger partial charge in [0, 0.05) is 0 Å². The zero-order valence-electron chi connectivity index (χ0n) is 8.81. The lowest BCUT2D eigenvalue weighted by Crippen LogP contribution is -2.14. The number of rotatable bonds is 1. The number of benzene rings is 1. The Balaban J connectivity index is 0.00000112. The maximum Gasteiger partial charge on any atom is 0.283 e. The van der Waals surface area contributed by atoms with E-state index in [0.29, 0.717) is 6.02 Å². The van der Waals surface area contributed by atoms with E-state index in [1.807, 2.05) is 6.92 Å². The van der Waals surface area contributed by atoms with Crippen LogP contribution in [0.25, 0.3) is 0 Å². The Morgan fingerprint density at radius 2 is 1.87 bits per heavy atom. The summed E-state index contributed by atoms with van der Waals surface area (Å²) >= 11 is 0. The van der Waals surface area contributed by atoms with Gasteiger partial charge in [0.1, 0.15) is 6.10 Å². The van der Waals surface area contributed by atoms with Gasteiger partial charge in [-0.05, 0) is 19.4 Å². The lowest BCUT2D eigenvalue weighted by molar-refractivity contribution is 0.199. The first-order chi connectivity index (χ1) is 6.66. The van der Waals surface area contributed by atoms with Crippen molar-refractivity contribution in [2.24, 2.45) is 10.7 Å². The molecule has 0 aliphatic carbocycles. The standard InChI is InChI=1S/C11H14N2O.ClH/c1-7-3-5-9(6-4-7)10-8(2)13-11(12)14-10;/h3-6,8,10H,1-2H3,(H2,12,13);1H. The summed E-state index contributed by atoms with van der Waals surface area (Å²) in [6.45, 7) is 4.07. The van der Waals surface area contributed by atoms with Gasteiger partial charge in [-0.25, -0.2) is 4.99 Å². The molecule has 2 atom stereocenters. The Bertz CT molecular complexity index is 361. The van der Waals surface area contributed by atoms with Crippen LogP contribution in [0.2, 0.25) is 0 Å². The summed E-state index contributed by atoms with van der Waals surface area (Å²) in [5.74, 6) is 0. The third kappa shape index (κ3) is 2.42. The van der Waals surface area contributed by atoms with Crippen molar-refractivity contribution in [3.8, 4) is 0 Å². The van der Waals surface area contributed by atoms with E-state index in [1.165, 1.54) is 5.56 Å². The number of ether oxygens (including phenoxy) is 1. The van der Waals surface area contributed by atoms with Gasteiger partial charge in [0.15, 0.2) is 0 Å². The number of hydrogen-bond acceptors (Lipinski definition) is 3. The van der Waals surface area contributed by atoms with Gasteiger partial charge in [-0.15, -0.1) is 12.4 Å². The van der Waals surface area contributed by atoms with Crippen LogP contribution in [-0.4, -0.2) is 12.1 Å². The maximum atomic E-state index is 5.51. The van der Waals surface area contributed by atoms with Crippen LogP contribution < -0.4 is 5.73 Å². The molecule has 4 heteroatoms. The van der Waals surface area contributed by atoms with Gasteiger partial charge in [-0.1, -0.05) is 29.8 Å². The highest BCUT2D eigenvalue weighted by Crippen LogP contribution is 2.27. The number of aryl methyl sites for hydroxylation is 1. The Labute approximate surface area is 95.8 Å². The number of nitrogens with zero attached hydrogens (tertiary/aromatic N) is 1. The van der Waals surface area contributed by atoms with Crippen LogP contribution >= 0.6 is 12.4 Å². The summed E-state index contributed by atoms with van der Waals surface area (Å²) in [4.78, 5) is 4.14. The first kappa shape index (κ1) is 11.9. The quantitative estimate of drug-likeness (QED) is 0.798. The molecular weight excluding hydrogens is 212 g/mol. The minimum Gasteiger partial charge on any atom is -0.455 e. The molecule has 0 radical (unpaired) electrons. The average Bonchev–Trinajstić information content (AvgIpc) is 2.47. The number of hydrogen-bond donors (Lipinski definition) is 1. The van der Waals surface area contributed by atoms with Gasteiger partial charge in [0.2, 0.25) is 0 Å². The Morgan fingerprint density at radius 3 is 2.33 bits per heavy atom. The molecule has 2 unspecified atom stereocenters. The van der Waals surface area contributed by atoms with Crippen molar-refractivity contribution in [1.29, 1.82) is 0 Å². The number of halogens is 1. The third-order valence-electron chi connectivity index (χ3n) is 2.42. The largest absolute Gasteiger partial charge is 0.455 e. The van der Waals surface area contributed by atoms with E-state index >= 15 is 0 Å². The second-order valence-corrected chi connectivity index (χ2v) is 3.66. The molecule has 0 saturated heterocycles. The molecule has 1 aromatic carbocycles. The van der Waals surface area contributed by atoms with E-state index in [4.69, 9.17) is 10.5 Å². The van der Waals surface area contributed by atoms with Crippen LogP contribution in [0.15, 0.2) is 29.3 Å². The highest BCUT2D eigenvalue weighted by molar-refractivity contribution is 5.85. The monoisotopic (exact) mass is 226 g/mol. The second kappa shape index (κ2) is 4.53. The van der Waals surface area contributed by atoms with Crippen molar-refractivity contribution >= 4 is 18.4 Å². The van der Waals surface area contributed by atoms with Crippen molar-refractivity contribution in [1.82, 2.24) is 0 Å². The molecule has 0 saturated carbocycles. The molecule has 0 bridgehead atoms. The first-order valence-electron chi connectivity index (χ1n) is 4.73. The zero-order valence-corrected chi connectivity index (χ0v) is 9.62. The van der Waals surface area contributed by atoms with Crippen LogP contribution in [0.3, 0.4) is 0 Å². The van der Waals surface area contributed by atoms with Gasteiger partial charge in [0.25, 0.3) is 6.02 Å². The molecule has 0 spiro atoms. The van der Waals surface area contributed by atoms with Crippen molar-refractivity contribution in [3.63, 3.8) is 0 Å². The lowest BCUT2D eigenvalue weighted by Gasteiger charge is -2.14. The molecule has 1 heterocycles. The highest BCUT2D eigenvalue weighted by atomic mass is 35.5. The van der Waals surface area contributed by atoms with E-state index in [-0.39, 0.29) is 24.6 Å². The Hall–Kier alpha value is -1.22. The summed E-state index contributed by atoms with van der Waals surface area (Å²) in [6, 6.07) is 8.66. The second-order valence-electron chi connectivity index (χ2n) is 3.66. The predicted molar refractivity (Wildman–Crippen MR) is 63.3 cm³/mol. The fourth-order valence-electron chi connectivity index (χ4n) is 1.63. The molecule has 3 nitrogen and oxygen atoms in total. The van der Waals surface area contributed by atoms with Crippen LogP contribution in [0.5, 0.6) is 0 Å². The fraction of sp³-hybridized carbons (Fsp3) is 0.364. The summed E-state index contributed by atoms with van der Waals surface area (Å²) in [5, 5.41) is 0. The highest BCUT2D eigenvalue weighted by Gasteiger charge is 2.27. The molecule has 82 valence electrons.